The van der Waals surface area contributed by atoms with Gasteiger partial charge in [0.05, 0.1) is 12.2 Å². The van der Waals surface area contributed by atoms with Gasteiger partial charge < -0.3 is 10.1 Å². The van der Waals surface area contributed by atoms with Crippen LogP contribution in [0.15, 0.2) is 0 Å². The zero-order chi connectivity index (χ0) is 13.1. The van der Waals surface area contributed by atoms with Crippen LogP contribution in [0, 0.1) is 5.41 Å². The van der Waals surface area contributed by atoms with Crippen molar-refractivity contribution < 1.29 is 4.74 Å². The van der Waals surface area contributed by atoms with Crippen molar-refractivity contribution in [1.29, 1.82) is 0 Å². The molecule has 0 aromatic carbocycles. The Bertz CT molecular complexity index is 215. The third-order valence-electron chi connectivity index (χ3n) is 3.62. The molecule has 3 heteroatoms. The molecule has 0 aliphatic carbocycles. The number of rotatable bonds is 4. The average molecular weight is 242 g/mol. The highest BCUT2D eigenvalue weighted by molar-refractivity contribution is 4.81. The van der Waals surface area contributed by atoms with Crippen molar-refractivity contribution in [3.63, 3.8) is 0 Å². The molecule has 0 aromatic heterocycles. The maximum absolute atomic E-state index is 5.76. The number of hydrogen-bond acceptors (Lipinski definition) is 3. The Morgan fingerprint density at radius 2 is 1.76 bits per heavy atom. The van der Waals surface area contributed by atoms with E-state index in [-0.39, 0.29) is 0 Å². The van der Waals surface area contributed by atoms with Gasteiger partial charge in [-0.15, -0.1) is 0 Å². The van der Waals surface area contributed by atoms with Gasteiger partial charge in [0.25, 0.3) is 0 Å². The molecule has 3 nitrogen and oxygen atoms in total. The van der Waals surface area contributed by atoms with Crippen molar-refractivity contribution in [2.45, 2.75) is 59.3 Å². The monoisotopic (exact) mass is 242 g/mol. The SMILES string of the molecule is CNC(CCN1CC(C)OC(C)C1)C(C)(C)C. The summed E-state index contributed by atoms with van der Waals surface area (Å²) in [4.78, 5) is 2.54. The molecule has 1 fully saturated rings. The summed E-state index contributed by atoms with van der Waals surface area (Å²) in [5, 5.41) is 3.45. The lowest BCUT2D eigenvalue weighted by Crippen LogP contribution is -2.48. The van der Waals surface area contributed by atoms with Crippen LogP contribution in [0.1, 0.15) is 41.0 Å². The summed E-state index contributed by atoms with van der Waals surface area (Å²) in [5.74, 6) is 0. The fraction of sp³-hybridized carbons (Fsp3) is 1.00. The molecule has 0 aromatic rings. The van der Waals surface area contributed by atoms with E-state index < -0.39 is 0 Å². The maximum Gasteiger partial charge on any atom is 0.0678 e. The number of nitrogens with zero attached hydrogens (tertiary/aromatic N) is 1. The van der Waals surface area contributed by atoms with E-state index in [2.05, 4.69) is 51.9 Å². The van der Waals surface area contributed by atoms with Crippen LogP contribution in [0.5, 0.6) is 0 Å². The van der Waals surface area contributed by atoms with Gasteiger partial charge in [-0.3, -0.25) is 4.90 Å². The third-order valence-corrected chi connectivity index (χ3v) is 3.62. The number of hydrogen-bond donors (Lipinski definition) is 1. The largest absolute Gasteiger partial charge is 0.373 e. The molecule has 3 unspecified atom stereocenters. The molecular weight excluding hydrogens is 212 g/mol. The van der Waals surface area contributed by atoms with Crippen molar-refractivity contribution in [2.75, 3.05) is 26.7 Å². The van der Waals surface area contributed by atoms with E-state index >= 15 is 0 Å². The Morgan fingerprint density at radius 1 is 1.24 bits per heavy atom. The summed E-state index contributed by atoms with van der Waals surface area (Å²) in [5.41, 5.74) is 0.332. The van der Waals surface area contributed by atoms with E-state index in [0.717, 1.165) is 13.1 Å². The first-order chi connectivity index (χ1) is 7.82. The van der Waals surface area contributed by atoms with Gasteiger partial charge in [-0.1, -0.05) is 20.8 Å². The Balaban J connectivity index is 2.39. The van der Waals surface area contributed by atoms with Crippen LogP contribution < -0.4 is 5.32 Å². The average Bonchev–Trinajstić information content (AvgIpc) is 2.14. The lowest BCUT2D eigenvalue weighted by Gasteiger charge is -2.37. The van der Waals surface area contributed by atoms with Gasteiger partial charge in [-0.05, 0) is 39.3 Å². The molecular formula is C14H30N2O. The summed E-state index contributed by atoms with van der Waals surface area (Å²) in [6, 6.07) is 0.580. The molecule has 1 rings (SSSR count). The summed E-state index contributed by atoms with van der Waals surface area (Å²) in [7, 11) is 2.07. The molecule has 0 spiro atoms. The topological polar surface area (TPSA) is 24.5 Å². The van der Waals surface area contributed by atoms with Gasteiger partial charge >= 0.3 is 0 Å². The number of morpholine rings is 1. The van der Waals surface area contributed by atoms with Crippen LogP contribution in [0.3, 0.4) is 0 Å². The van der Waals surface area contributed by atoms with E-state index in [1.54, 1.807) is 0 Å². The maximum atomic E-state index is 5.76. The van der Waals surface area contributed by atoms with Crippen molar-refractivity contribution >= 4 is 0 Å². The molecule has 17 heavy (non-hydrogen) atoms. The highest BCUT2D eigenvalue weighted by Crippen LogP contribution is 2.22. The van der Waals surface area contributed by atoms with Crippen LogP contribution in [-0.4, -0.2) is 49.8 Å². The second-order valence-electron chi connectivity index (χ2n) is 6.51. The fourth-order valence-electron chi connectivity index (χ4n) is 2.79. The van der Waals surface area contributed by atoms with Gasteiger partial charge in [0.15, 0.2) is 0 Å². The zero-order valence-corrected chi connectivity index (χ0v) is 12.4. The standard InChI is InChI=1S/C14H30N2O/c1-11-9-16(10-12(2)17-11)8-7-13(15-6)14(3,4)5/h11-13,15H,7-10H2,1-6H3. The minimum atomic E-state index is 0.332. The molecule has 1 N–H and O–H groups in total. The smallest absolute Gasteiger partial charge is 0.0678 e. The first-order valence-electron chi connectivity index (χ1n) is 6.88. The highest BCUT2D eigenvalue weighted by atomic mass is 16.5. The van der Waals surface area contributed by atoms with Crippen LogP contribution in [0.4, 0.5) is 0 Å². The normalized spacial score (nSPS) is 29.3. The van der Waals surface area contributed by atoms with Crippen LogP contribution >= 0.6 is 0 Å². The molecule has 3 atom stereocenters. The Labute approximate surface area is 107 Å². The minimum absolute atomic E-state index is 0.332. The molecule has 1 saturated heterocycles. The van der Waals surface area contributed by atoms with E-state index in [0.29, 0.717) is 23.7 Å². The lowest BCUT2D eigenvalue weighted by molar-refractivity contribution is -0.0691. The van der Waals surface area contributed by atoms with Gasteiger partial charge in [0.1, 0.15) is 0 Å². The summed E-state index contributed by atoms with van der Waals surface area (Å²) in [6.45, 7) is 14.6. The molecule has 1 heterocycles. The number of nitrogens with one attached hydrogen (secondary N) is 1. The quantitative estimate of drug-likeness (QED) is 0.817. The van der Waals surface area contributed by atoms with Crippen molar-refractivity contribution in [3.8, 4) is 0 Å². The molecule has 0 radical (unpaired) electrons. The lowest BCUT2D eigenvalue weighted by atomic mass is 9.85. The summed E-state index contributed by atoms with van der Waals surface area (Å²) >= 11 is 0. The van der Waals surface area contributed by atoms with E-state index in [9.17, 15) is 0 Å². The van der Waals surface area contributed by atoms with Gasteiger partial charge in [-0.2, -0.15) is 0 Å². The Hall–Kier alpha value is -0.120. The molecule has 1 aliphatic heterocycles. The predicted molar refractivity (Wildman–Crippen MR) is 73.4 cm³/mol. The fourth-order valence-corrected chi connectivity index (χ4v) is 2.79. The summed E-state index contributed by atoms with van der Waals surface area (Å²) < 4.78 is 5.76. The van der Waals surface area contributed by atoms with Crippen LogP contribution in [-0.2, 0) is 4.74 Å². The Kier molecular flexibility index (Phi) is 5.42. The third kappa shape index (κ3) is 4.94. The summed E-state index contributed by atoms with van der Waals surface area (Å²) in [6.07, 6.45) is 1.96. The van der Waals surface area contributed by atoms with E-state index in [4.69, 9.17) is 4.74 Å². The van der Waals surface area contributed by atoms with E-state index in [1.807, 2.05) is 0 Å². The van der Waals surface area contributed by atoms with Crippen LogP contribution in [0.25, 0.3) is 0 Å². The number of ether oxygens (including phenoxy) is 1. The van der Waals surface area contributed by atoms with Gasteiger partial charge in [0, 0.05) is 19.1 Å². The highest BCUT2D eigenvalue weighted by Gasteiger charge is 2.26. The van der Waals surface area contributed by atoms with Gasteiger partial charge in [-0.25, -0.2) is 0 Å². The molecule has 1 aliphatic rings. The second kappa shape index (κ2) is 6.17. The zero-order valence-electron chi connectivity index (χ0n) is 12.4. The predicted octanol–water partition coefficient (Wildman–Crippen LogP) is 2.12. The van der Waals surface area contributed by atoms with Crippen molar-refractivity contribution in [1.82, 2.24) is 10.2 Å². The molecule has 0 saturated carbocycles. The van der Waals surface area contributed by atoms with Crippen molar-refractivity contribution in [3.05, 3.63) is 0 Å². The first-order valence-corrected chi connectivity index (χ1v) is 6.88. The van der Waals surface area contributed by atoms with Crippen molar-refractivity contribution in [2.24, 2.45) is 5.41 Å². The molecule has 0 amide bonds. The minimum Gasteiger partial charge on any atom is -0.373 e. The first kappa shape index (κ1) is 14.9. The Morgan fingerprint density at radius 3 is 2.18 bits per heavy atom. The van der Waals surface area contributed by atoms with Gasteiger partial charge in [0.2, 0.25) is 0 Å². The molecule has 0 bridgehead atoms. The van der Waals surface area contributed by atoms with E-state index in [1.165, 1.54) is 13.0 Å². The van der Waals surface area contributed by atoms with Crippen LogP contribution in [0.2, 0.25) is 0 Å². The molecule has 102 valence electrons. The second-order valence-corrected chi connectivity index (χ2v) is 6.51.